The smallest absolute Gasteiger partial charge is 0.198 e. The van der Waals surface area contributed by atoms with Gasteiger partial charge in [-0.05, 0) is 24.3 Å². The lowest BCUT2D eigenvalue weighted by Crippen LogP contribution is -2.43. The van der Waals surface area contributed by atoms with E-state index in [0.29, 0.717) is 5.57 Å². The first-order chi connectivity index (χ1) is 10.9. The molecule has 1 aliphatic rings. The van der Waals surface area contributed by atoms with Crippen LogP contribution in [-0.4, -0.2) is 27.4 Å². The highest BCUT2D eigenvalue weighted by Gasteiger charge is 2.40. The number of aliphatic hydroxyl groups is 2. The van der Waals surface area contributed by atoms with E-state index in [1.165, 1.54) is 44.7 Å². The molecule has 0 saturated carbocycles. The van der Waals surface area contributed by atoms with Crippen molar-refractivity contribution in [2.75, 3.05) is 0 Å². The molecule has 0 spiro atoms. The number of unbranched alkanes of at least 4 members (excludes halogenated alkanes) is 6. The first-order valence-corrected chi connectivity index (χ1v) is 8.98. The summed E-state index contributed by atoms with van der Waals surface area (Å²) < 4.78 is 0. The van der Waals surface area contributed by atoms with Crippen molar-refractivity contribution in [1.82, 2.24) is 0 Å². The van der Waals surface area contributed by atoms with Gasteiger partial charge in [0.15, 0.2) is 5.79 Å². The zero-order valence-electron chi connectivity index (χ0n) is 14.8. The second-order valence-electron chi connectivity index (χ2n) is 6.88. The lowest BCUT2D eigenvalue weighted by atomic mass is 9.79. The monoisotopic (exact) mass is 323 g/mol. The number of allylic oxidation sites excluding steroid dienone is 2. The summed E-state index contributed by atoms with van der Waals surface area (Å²) in [5.74, 6) is -2.64. The van der Waals surface area contributed by atoms with Gasteiger partial charge in [0, 0.05) is 0 Å². The van der Waals surface area contributed by atoms with Gasteiger partial charge in [0.05, 0.1) is 12.1 Å². The highest BCUT2D eigenvalue weighted by molar-refractivity contribution is 5.67. The van der Waals surface area contributed by atoms with Crippen molar-refractivity contribution in [2.24, 2.45) is 17.0 Å². The van der Waals surface area contributed by atoms with Gasteiger partial charge >= 0.3 is 0 Å². The van der Waals surface area contributed by atoms with Gasteiger partial charge in [0.1, 0.15) is 0 Å². The van der Waals surface area contributed by atoms with E-state index in [4.69, 9.17) is 5.21 Å². The maximum absolute atomic E-state index is 10.3. The molecule has 4 heteroatoms. The average Bonchev–Trinajstić information content (AvgIpc) is 2.49. The third-order valence-electron chi connectivity index (χ3n) is 4.54. The van der Waals surface area contributed by atoms with E-state index in [1.54, 1.807) is 0 Å². The topological polar surface area (TPSA) is 73.1 Å². The van der Waals surface area contributed by atoms with Gasteiger partial charge in [-0.2, -0.15) is 0 Å². The fraction of sp³-hybridized carbons (Fsp3) is 0.737. The largest absolute Gasteiger partial charge is 0.411 e. The molecule has 4 nitrogen and oxygen atoms in total. The molecule has 0 saturated heterocycles. The molecule has 132 valence electrons. The summed E-state index contributed by atoms with van der Waals surface area (Å²) in [6.07, 6.45) is 14.6. The molecule has 0 aromatic rings. The summed E-state index contributed by atoms with van der Waals surface area (Å²) in [6.45, 7) is 6.11. The minimum absolute atomic E-state index is 0.0253. The molecule has 0 heterocycles. The van der Waals surface area contributed by atoms with Crippen LogP contribution in [0.1, 0.15) is 72.1 Å². The first-order valence-electron chi connectivity index (χ1n) is 8.98. The lowest BCUT2D eigenvalue weighted by molar-refractivity contribution is -0.147. The van der Waals surface area contributed by atoms with Crippen LogP contribution in [0.2, 0.25) is 0 Å². The van der Waals surface area contributed by atoms with Gasteiger partial charge in [-0.15, -0.1) is 5.16 Å². The predicted molar refractivity (Wildman–Crippen MR) is 94.6 cm³/mol. The minimum atomic E-state index is -1.97. The van der Waals surface area contributed by atoms with Crippen molar-refractivity contribution >= 4 is 6.21 Å². The number of nitrogens with zero attached hydrogens (tertiary/aromatic N) is 1. The molecule has 1 rings (SSSR count). The van der Waals surface area contributed by atoms with Crippen molar-refractivity contribution in [1.29, 1.82) is 0 Å². The van der Waals surface area contributed by atoms with Crippen molar-refractivity contribution in [3.05, 3.63) is 23.3 Å². The Morgan fingerprint density at radius 2 is 1.74 bits per heavy atom. The molecule has 0 aromatic carbocycles. The highest BCUT2D eigenvalue weighted by atomic mass is 16.5. The third-order valence-corrected chi connectivity index (χ3v) is 4.54. The van der Waals surface area contributed by atoms with Crippen molar-refractivity contribution in [3.63, 3.8) is 0 Å². The molecular formula is C19H33NO3. The van der Waals surface area contributed by atoms with Crippen LogP contribution >= 0.6 is 0 Å². The minimum Gasteiger partial charge on any atom is -0.411 e. The van der Waals surface area contributed by atoms with E-state index in [1.807, 2.05) is 26.0 Å². The molecule has 3 N–H and O–H groups in total. The number of oxime groups is 1. The van der Waals surface area contributed by atoms with Gasteiger partial charge in [-0.3, -0.25) is 0 Å². The summed E-state index contributed by atoms with van der Waals surface area (Å²) in [4.78, 5) is 0. The van der Waals surface area contributed by atoms with E-state index in [-0.39, 0.29) is 5.92 Å². The number of hydrogen-bond donors (Lipinski definition) is 3. The molecule has 1 atom stereocenters. The maximum atomic E-state index is 10.3. The quantitative estimate of drug-likeness (QED) is 0.183. The van der Waals surface area contributed by atoms with Gasteiger partial charge in [-0.25, -0.2) is 0 Å². The summed E-state index contributed by atoms with van der Waals surface area (Å²) in [5, 5.41) is 32.5. The fourth-order valence-corrected chi connectivity index (χ4v) is 3.15. The summed E-state index contributed by atoms with van der Waals surface area (Å²) in [6, 6.07) is 0. The molecule has 0 radical (unpaired) electrons. The second kappa shape index (κ2) is 9.89. The molecule has 0 amide bonds. The van der Waals surface area contributed by atoms with Crippen LogP contribution in [0.3, 0.4) is 0 Å². The Bertz CT molecular complexity index is 436. The molecule has 23 heavy (non-hydrogen) atoms. The van der Waals surface area contributed by atoms with Crippen LogP contribution in [0.25, 0.3) is 0 Å². The van der Waals surface area contributed by atoms with Crippen molar-refractivity contribution in [3.8, 4) is 0 Å². The lowest BCUT2D eigenvalue weighted by Gasteiger charge is -2.35. The molecule has 0 aliphatic heterocycles. The SMILES string of the molecule is CCCCCCCCCC1=CC(C=NO)C(O)(O)C(C(C)C)=C1. The van der Waals surface area contributed by atoms with E-state index in [9.17, 15) is 10.2 Å². The highest BCUT2D eigenvalue weighted by Crippen LogP contribution is 2.36. The molecule has 1 unspecified atom stereocenters. The van der Waals surface area contributed by atoms with Gasteiger partial charge in [-0.1, -0.05) is 77.0 Å². The third kappa shape index (κ3) is 6.11. The zero-order chi connectivity index (χ0) is 17.3. The van der Waals surface area contributed by atoms with E-state index < -0.39 is 11.7 Å². The predicted octanol–water partition coefficient (Wildman–Crippen LogP) is 4.41. The molecule has 0 fully saturated rings. The van der Waals surface area contributed by atoms with Crippen LogP contribution in [0, 0.1) is 11.8 Å². The van der Waals surface area contributed by atoms with Crippen molar-refractivity contribution in [2.45, 2.75) is 77.9 Å². The summed E-state index contributed by atoms with van der Waals surface area (Å²) >= 11 is 0. The Morgan fingerprint density at radius 3 is 2.30 bits per heavy atom. The molecule has 0 bridgehead atoms. The van der Waals surface area contributed by atoms with E-state index in [0.717, 1.165) is 18.4 Å². The van der Waals surface area contributed by atoms with E-state index >= 15 is 0 Å². The number of hydrogen-bond acceptors (Lipinski definition) is 4. The summed E-state index contributed by atoms with van der Waals surface area (Å²) in [7, 11) is 0. The summed E-state index contributed by atoms with van der Waals surface area (Å²) in [5.41, 5.74) is 1.69. The Morgan fingerprint density at radius 1 is 1.13 bits per heavy atom. The van der Waals surface area contributed by atoms with Crippen LogP contribution in [-0.2, 0) is 0 Å². The zero-order valence-corrected chi connectivity index (χ0v) is 14.8. The number of rotatable bonds is 10. The van der Waals surface area contributed by atoms with Gasteiger partial charge < -0.3 is 15.4 Å². The standard InChI is InChI=1S/C19H33NO3/c1-4-5-6-7-8-9-10-11-16-12-17(14-20-23)19(21,22)18(13-16)15(2)3/h12-15,17,21-23H,4-11H2,1-3H3. The first kappa shape index (κ1) is 19.9. The Kier molecular flexibility index (Phi) is 8.56. The van der Waals surface area contributed by atoms with Gasteiger partial charge in [0.25, 0.3) is 0 Å². The molecule has 0 aromatic heterocycles. The Balaban J connectivity index is 2.59. The fourth-order valence-electron chi connectivity index (χ4n) is 3.15. The molecular weight excluding hydrogens is 290 g/mol. The normalized spacial score (nSPS) is 20.9. The van der Waals surface area contributed by atoms with Crippen LogP contribution < -0.4 is 0 Å². The molecule has 1 aliphatic carbocycles. The van der Waals surface area contributed by atoms with Gasteiger partial charge in [0.2, 0.25) is 0 Å². The van der Waals surface area contributed by atoms with Crippen LogP contribution in [0.15, 0.2) is 28.5 Å². The van der Waals surface area contributed by atoms with Crippen LogP contribution in [0.5, 0.6) is 0 Å². The second-order valence-corrected chi connectivity index (χ2v) is 6.88. The Labute approximate surface area is 140 Å². The van der Waals surface area contributed by atoms with E-state index in [2.05, 4.69) is 12.1 Å². The Hall–Kier alpha value is -1.13. The average molecular weight is 323 g/mol. The van der Waals surface area contributed by atoms with Crippen molar-refractivity contribution < 1.29 is 15.4 Å². The van der Waals surface area contributed by atoms with Crippen LogP contribution in [0.4, 0.5) is 0 Å². The maximum Gasteiger partial charge on any atom is 0.198 e.